The molecular formula is C17H19N3O3. The molecule has 1 unspecified atom stereocenters. The second-order valence-electron chi connectivity index (χ2n) is 5.87. The van der Waals surface area contributed by atoms with Gasteiger partial charge in [-0.2, -0.15) is 0 Å². The van der Waals surface area contributed by atoms with Crippen molar-refractivity contribution in [3.05, 3.63) is 47.7 Å². The van der Waals surface area contributed by atoms with Gasteiger partial charge in [0.1, 0.15) is 5.92 Å². The third kappa shape index (κ3) is 2.50. The molecule has 0 radical (unpaired) electrons. The lowest BCUT2D eigenvalue weighted by Crippen LogP contribution is -2.58. The highest BCUT2D eigenvalue weighted by atomic mass is 16.2. The molecule has 0 spiro atoms. The van der Waals surface area contributed by atoms with Gasteiger partial charge in [0.15, 0.2) is 0 Å². The Hall–Kier alpha value is -2.63. The Morgan fingerprint density at radius 2 is 1.65 bits per heavy atom. The largest absolute Gasteiger partial charge is 0.391 e. The molecular weight excluding hydrogens is 294 g/mol. The minimum Gasteiger partial charge on any atom is -0.391 e. The van der Waals surface area contributed by atoms with E-state index in [1.54, 1.807) is 0 Å². The zero-order valence-electron chi connectivity index (χ0n) is 13.2. The quantitative estimate of drug-likeness (QED) is 0.854. The Morgan fingerprint density at radius 1 is 1.04 bits per heavy atom. The molecule has 0 bridgehead atoms. The van der Waals surface area contributed by atoms with Crippen LogP contribution in [0.3, 0.4) is 0 Å². The molecule has 23 heavy (non-hydrogen) atoms. The average Bonchev–Trinajstić information content (AvgIpc) is 3.10. The van der Waals surface area contributed by atoms with Gasteiger partial charge in [0, 0.05) is 26.6 Å². The normalized spacial score (nSPS) is 20.6. The highest BCUT2D eigenvalue weighted by Gasteiger charge is 2.48. The van der Waals surface area contributed by atoms with Crippen molar-refractivity contribution in [2.75, 3.05) is 20.6 Å². The first kappa shape index (κ1) is 15.3. The fourth-order valence-electron chi connectivity index (χ4n) is 3.24. The van der Waals surface area contributed by atoms with E-state index < -0.39 is 23.8 Å². The maximum absolute atomic E-state index is 12.7. The van der Waals surface area contributed by atoms with E-state index in [9.17, 15) is 14.4 Å². The number of benzene rings is 1. The van der Waals surface area contributed by atoms with E-state index in [1.165, 1.54) is 14.1 Å². The number of hydrogen-bond donors (Lipinski definition) is 1. The first-order chi connectivity index (χ1) is 11.0. The number of nitrogens with one attached hydrogen (secondary N) is 1. The molecule has 1 aromatic carbocycles. The number of carbonyl (C=O) groups is 3. The molecule has 1 aromatic rings. The summed E-state index contributed by atoms with van der Waals surface area (Å²) in [7, 11) is 2.84. The fraction of sp³-hybridized carbons (Fsp3) is 0.353. The van der Waals surface area contributed by atoms with Crippen molar-refractivity contribution in [1.82, 2.24) is 15.1 Å². The van der Waals surface area contributed by atoms with Gasteiger partial charge < -0.3 is 5.32 Å². The Kier molecular flexibility index (Phi) is 3.90. The molecule has 1 atom stereocenters. The lowest BCUT2D eigenvalue weighted by Gasteiger charge is -2.37. The van der Waals surface area contributed by atoms with Crippen LogP contribution in [0, 0.1) is 5.92 Å². The molecule has 6 nitrogen and oxygen atoms in total. The van der Waals surface area contributed by atoms with Crippen LogP contribution in [0.1, 0.15) is 17.9 Å². The SMILES string of the molecule is CN1C(=O)C(C(C2=CNCC2)c2ccccc2)C(=O)N(C)C1=O. The van der Waals surface area contributed by atoms with Crippen molar-refractivity contribution in [2.24, 2.45) is 5.92 Å². The molecule has 0 aromatic heterocycles. The Labute approximate surface area is 134 Å². The van der Waals surface area contributed by atoms with Crippen molar-refractivity contribution in [1.29, 1.82) is 0 Å². The van der Waals surface area contributed by atoms with E-state index in [-0.39, 0.29) is 5.92 Å². The van der Waals surface area contributed by atoms with Crippen molar-refractivity contribution >= 4 is 17.8 Å². The van der Waals surface area contributed by atoms with E-state index in [0.717, 1.165) is 33.9 Å². The summed E-state index contributed by atoms with van der Waals surface area (Å²) in [6, 6.07) is 8.93. The number of amides is 4. The lowest BCUT2D eigenvalue weighted by molar-refractivity contribution is -0.148. The lowest BCUT2D eigenvalue weighted by atomic mass is 9.78. The third-order valence-corrected chi connectivity index (χ3v) is 4.50. The monoisotopic (exact) mass is 313 g/mol. The van der Waals surface area contributed by atoms with Crippen LogP contribution in [0.2, 0.25) is 0 Å². The maximum Gasteiger partial charge on any atom is 0.332 e. The van der Waals surface area contributed by atoms with Gasteiger partial charge in [-0.25, -0.2) is 4.79 Å². The van der Waals surface area contributed by atoms with Crippen molar-refractivity contribution in [3.8, 4) is 0 Å². The second-order valence-corrected chi connectivity index (χ2v) is 5.87. The van der Waals surface area contributed by atoms with Crippen LogP contribution in [0.25, 0.3) is 0 Å². The summed E-state index contributed by atoms with van der Waals surface area (Å²) in [5.41, 5.74) is 1.92. The highest BCUT2D eigenvalue weighted by molar-refractivity contribution is 6.16. The van der Waals surface area contributed by atoms with Crippen molar-refractivity contribution in [2.45, 2.75) is 12.3 Å². The molecule has 0 aliphatic carbocycles. The van der Waals surface area contributed by atoms with E-state index in [1.807, 2.05) is 36.5 Å². The van der Waals surface area contributed by atoms with E-state index >= 15 is 0 Å². The minimum atomic E-state index is -0.906. The summed E-state index contributed by atoms with van der Waals surface area (Å²) in [5.74, 6) is -2.15. The van der Waals surface area contributed by atoms with Crippen LogP contribution in [-0.2, 0) is 9.59 Å². The fourth-order valence-corrected chi connectivity index (χ4v) is 3.24. The van der Waals surface area contributed by atoms with Crippen LogP contribution < -0.4 is 5.32 Å². The smallest absolute Gasteiger partial charge is 0.332 e. The summed E-state index contributed by atoms with van der Waals surface area (Å²) in [4.78, 5) is 39.4. The van der Waals surface area contributed by atoms with Gasteiger partial charge in [-0.1, -0.05) is 30.3 Å². The highest BCUT2D eigenvalue weighted by Crippen LogP contribution is 2.38. The summed E-state index contributed by atoms with van der Waals surface area (Å²) >= 11 is 0. The molecule has 4 amide bonds. The van der Waals surface area contributed by atoms with E-state index in [0.29, 0.717) is 0 Å². The summed E-state index contributed by atoms with van der Waals surface area (Å²) in [6.07, 6.45) is 2.66. The van der Waals surface area contributed by atoms with Gasteiger partial charge in [-0.15, -0.1) is 0 Å². The van der Waals surface area contributed by atoms with Crippen LogP contribution in [0.4, 0.5) is 4.79 Å². The van der Waals surface area contributed by atoms with Gasteiger partial charge in [0.05, 0.1) is 0 Å². The Balaban J connectivity index is 2.07. The van der Waals surface area contributed by atoms with E-state index in [4.69, 9.17) is 0 Å². The standard InChI is InChI=1S/C17H19N3O3/c1-19-15(21)14(16(22)20(2)17(19)23)13(12-8-9-18-10-12)11-6-4-3-5-7-11/h3-7,10,13-14,18H,8-9H2,1-2H3. The number of carbonyl (C=O) groups excluding carboxylic acids is 3. The molecule has 3 rings (SSSR count). The van der Waals surface area contributed by atoms with Gasteiger partial charge in [0.25, 0.3) is 0 Å². The molecule has 1 saturated heterocycles. The number of imide groups is 2. The van der Waals surface area contributed by atoms with Crippen LogP contribution >= 0.6 is 0 Å². The first-order valence-electron chi connectivity index (χ1n) is 7.58. The Bertz CT molecular complexity index is 660. The first-order valence-corrected chi connectivity index (χ1v) is 7.58. The summed E-state index contributed by atoms with van der Waals surface area (Å²) < 4.78 is 0. The zero-order chi connectivity index (χ0) is 16.6. The Morgan fingerprint density at radius 3 is 2.17 bits per heavy atom. The minimum absolute atomic E-state index is 0.357. The molecule has 1 fully saturated rings. The number of urea groups is 1. The van der Waals surface area contributed by atoms with Gasteiger partial charge >= 0.3 is 6.03 Å². The molecule has 1 N–H and O–H groups in total. The summed E-state index contributed by atoms with van der Waals surface area (Å²) in [6.45, 7) is 0.790. The molecule has 0 saturated carbocycles. The van der Waals surface area contributed by atoms with Crippen LogP contribution in [-0.4, -0.2) is 48.3 Å². The van der Waals surface area contributed by atoms with Gasteiger partial charge in [-0.05, 0) is 23.8 Å². The van der Waals surface area contributed by atoms with Crippen molar-refractivity contribution in [3.63, 3.8) is 0 Å². The molecule has 120 valence electrons. The molecule has 2 aliphatic heterocycles. The molecule has 2 aliphatic rings. The number of barbiturate groups is 1. The van der Waals surface area contributed by atoms with Gasteiger partial charge in [-0.3, -0.25) is 19.4 Å². The third-order valence-electron chi connectivity index (χ3n) is 4.50. The maximum atomic E-state index is 12.7. The van der Waals surface area contributed by atoms with E-state index in [2.05, 4.69) is 5.32 Å². The topological polar surface area (TPSA) is 69.7 Å². The van der Waals surface area contributed by atoms with Crippen molar-refractivity contribution < 1.29 is 14.4 Å². The predicted molar refractivity (Wildman–Crippen MR) is 84.3 cm³/mol. The van der Waals surface area contributed by atoms with Crippen LogP contribution in [0.5, 0.6) is 0 Å². The van der Waals surface area contributed by atoms with Crippen LogP contribution in [0.15, 0.2) is 42.1 Å². The number of rotatable bonds is 3. The number of nitrogens with zero attached hydrogens (tertiary/aromatic N) is 2. The molecule has 6 heteroatoms. The average molecular weight is 313 g/mol. The summed E-state index contributed by atoms with van der Waals surface area (Å²) in [5, 5.41) is 3.14. The predicted octanol–water partition coefficient (Wildman–Crippen LogP) is 1.31. The second kappa shape index (κ2) is 5.87. The zero-order valence-corrected chi connectivity index (χ0v) is 13.2. The van der Waals surface area contributed by atoms with Gasteiger partial charge in [0.2, 0.25) is 11.8 Å². The number of hydrogen-bond acceptors (Lipinski definition) is 4. The molecule has 2 heterocycles.